The van der Waals surface area contributed by atoms with Crippen molar-refractivity contribution in [3.8, 4) is 5.75 Å². The summed E-state index contributed by atoms with van der Waals surface area (Å²) in [5, 5.41) is 9.32. The fourth-order valence-electron chi connectivity index (χ4n) is 1.99. The van der Waals surface area contributed by atoms with Gasteiger partial charge >= 0.3 is 5.97 Å². The minimum atomic E-state index is -0.828. The Labute approximate surface area is 108 Å². The van der Waals surface area contributed by atoms with Crippen LogP contribution in [0.15, 0.2) is 18.2 Å². The Kier molecular flexibility index (Phi) is 5.49. The van der Waals surface area contributed by atoms with E-state index < -0.39 is 11.9 Å². The van der Waals surface area contributed by atoms with Crippen LogP contribution in [0.1, 0.15) is 44.1 Å². The van der Waals surface area contributed by atoms with E-state index in [0.717, 1.165) is 19.3 Å². The van der Waals surface area contributed by atoms with Crippen LogP contribution < -0.4 is 10.5 Å². The number of nitrogen functional groups attached to an aromatic ring is 1. The zero-order chi connectivity index (χ0) is 13.5. The normalized spacial score (nSPS) is 12.1. The molecule has 0 saturated heterocycles. The average molecular weight is 251 g/mol. The monoisotopic (exact) mass is 251 g/mol. The number of unbranched alkanes of at least 4 members (excludes halogenated alkanes) is 2. The van der Waals surface area contributed by atoms with E-state index >= 15 is 0 Å². The molecule has 1 aromatic rings. The molecule has 0 radical (unpaired) electrons. The summed E-state index contributed by atoms with van der Waals surface area (Å²) in [7, 11) is 1.56. The summed E-state index contributed by atoms with van der Waals surface area (Å²) in [5.41, 5.74) is 7.03. The second-order valence-electron chi connectivity index (χ2n) is 4.38. The van der Waals surface area contributed by atoms with Crippen molar-refractivity contribution in [1.82, 2.24) is 0 Å². The van der Waals surface area contributed by atoms with E-state index in [4.69, 9.17) is 10.5 Å². The van der Waals surface area contributed by atoms with Crippen LogP contribution in [0.5, 0.6) is 5.75 Å². The summed E-state index contributed by atoms with van der Waals surface area (Å²) < 4.78 is 5.12. The van der Waals surface area contributed by atoms with Crippen LogP contribution >= 0.6 is 0 Å². The van der Waals surface area contributed by atoms with Gasteiger partial charge in [-0.3, -0.25) is 4.79 Å². The first-order chi connectivity index (χ1) is 8.60. The van der Waals surface area contributed by atoms with Gasteiger partial charge in [-0.05, 0) is 30.2 Å². The van der Waals surface area contributed by atoms with Crippen molar-refractivity contribution < 1.29 is 14.6 Å². The van der Waals surface area contributed by atoms with Crippen LogP contribution in [-0.4, -0.2) is 18.2 Å². The first-order valence-electron chi connectivity index (χ1n) is 6.26. The molecule has 0 spiro atoms. The number of benzene rings is 1. The number of anilines is 1. The van der Waals surface area contributed by atoms with Gasteiger partial charge in [-0.25, -0.2) is 0 Å². The Hall–Kier alpha value is -1.71. The fourth-order valence-corrected chi connectivity index (χ4v) is 1.99. The smallest absolute Gasteiger partial charge is 0.311 e. The topological polar surface area (TPSA) is 72.5 Å². The molecule has 0 amide bonds. The van der Waals surface area contributed by atoms with Crippen LogP contribution in [0, 0.1) is 0 Å². The van der Waals surface area contributed by atoms with Gasteiger partial charge in [0.05, 0.1) is 13.0 Å². The second kappa shape index (κ2) is 6.89. The van der Waals surface area contributed by atoms with Gasteiger partial charge in [0.1, 0.15) is 5.75 Å². The van der Waals surface area contributed by atoms with Crippen molar-refractivity contribution in [3.05, 3.63) is 23.8 Å². The van der Waals surface area contributed by atoms with E-state index in [-0.39, 0.29) is 0 Å². The van der Waals surface area contributed by atoms with Crippen molar-refractivity contribution in [2.75, 3.05) is 12.8 Å². The highest BCUT2D eigenvalue weighted by Crippen LogP contribution is 2.30. The van der Waals surface area contributed by atoms with Crippen LogP contribution in [0.4, 0.5) is 5.69 Å². The number of rotatable bonds is 7. The molecule has 18 heavy (non-hydrogen) atoms. The van der Waals surface area contributed by atoms with Gasteiger partial charge in [-0.1, -0.05) is 26.2 Å². The molecule has 100 valence electrons. The molecule has 1 atom stereocenters. The minimum absolute atomic E-state index is 0.514. The maximum Gasteiger partial charge on any atom is 0.311 e. The molecule has 0 aliphatic heterocycles. The molecule has 0 heterocycles. The number of aliphatic carboxylic acids is 1. The predicted octanol–water partition coefficient (Wildman–Crippen LogP) is 3.03. The summed E-state index contributed by atoms with van der Waals surface area (Å²) >= 11 is 0. The SMILES string of the molecule is CCCCCC(C(=O)O)c1cc(OC)ccc1N. The number of ether oxygens (including phenoxy) is 1. The molecule has 3 N–H and O–H groups in total. The Morgan fingerprint density at radius 3 is 2.72 bits per heavy atom. The van der Waals surface area contributed by atoms with Gasteiger partial charge < -0.3 is 15.6 Å². The van der Waals surface area contributed by atoms with Gasteiger partial charge in [0.2, 0.25) is 0 Å². The molecule has 0 saturated carbocycles. The van der Waals surface area contributed by atoms with Gasteiger partial charge in [0, 0.05) is 5.69 Å². The molecule has 1 rings (SSSR count). The van der Waals surface area contributed by atoms with Crippen LogP contribution in [-0.2, 0) is 4.79 Å². The van der Waals surface area contributed by atoms with E-state index in [9.17, 15) is 9.90 Å². The Bertz CT molecular complexity index is 404. The van der Waals surface area contributed by atoms with Crippen LogP contribution in [0.25, 0.3) is 0 Å². The largest absolute Gasteiger partial charge is 0.497 e. The third-order valence-corrected chi connectivity index (χ3v) is 3.06. The molecule has 4 nitrogen and oxygen atoms in total. The molecule has 0 aliphatic carbocycles. The van der Waals surface area contributed by atoms with Crippen molar-refractivity contribution in [3.63, 3.8) is 0 Å². The average Bonchev–Trinajstić information content (AvgIpc) is 2.35. The fraction of sp³-hybridized carbons (Fsp3) is 0.500. The maximum atomic E-state index is 11.3. The molecule has 0 bridgehead atoms. The standard InChI is InChI=1S/C14H21NO3/c1-3-4-5-6-11(14(16)17)12-9-10(18-2)7-8-13(12)15/h7-9,11H,3-6,15H2,1-2H3,(H,16,17). The Balaban J connectivity index is 2.93. The van der Waals surface area contributed by atoms with Crippen molar-refractivity contribution in [1.29, 1.82) is 0 Å². The molecule has 4 heteroatoms. The summed E-state index contributed by atoms with van der Waals surface area (Å²) in [4.78, 5) is 11.3. The Morgan fingerprint density at radius 2 is 2.17 bits per heavy atom. The number of carboxylic acids is 1. The van der Waals surface area contributed by atoms with Crippen LogP contribution in [0.3, 0.4) is 0 Å². The molecule has 1 unspecified atom stereocenters. The zero-order valence-electron chi connectivity index (χ0n) is 11.0. The third-order valence-electron chi connectivity index (χ3n) is 3.06. The summed E-state index contributed by atoms with van der Waals surface area (Å²) in [6.45, 7) is 2.09. The molecule has 1 aromatic carbocycles. The first kappa shape index (κ1) is 14.4. The van der Waals surface area contributed by atoms with E-state index in [0.29, 0.717) is 23.4 Å². The number of nitrogens with two attached hydrogens (primary N) is 1. The maximum absolute atomic E-state index is 11.3. The van der Waals surface area contributed by atoms with Crippen molar-refractivity contribution in [2.45, 2.75) is 38.5 Å². The number of hydrogen-bond acceptors (Lipinski definition) is 3. The van der Waals surface area contributed by atoms with Gasteiger partial charge in [0.15, 0.2) is 0 Å². The van der Waals surface area contributed by atoms with E-state index in [1.165, 1.54) is 0 Å². The number of carboxylic acid groups (broad SMARTS) is 1. The Morgan fingerprint density at radius 1 is 1.44 bits per heavy atom. The lowest BCUT2D eigenvalue weighted by Crippen LogP contribution is -2.13. The third kappa shape index (κ3) is 3.65. The lowest BCUT2D eigenvalue weighted by Gasteiger charge is -2.16. The quantitative estimate of drug-likeness (QED) is 0.577. The van der Waals surface area contributed by atoms with Gasteiger partial charge in [0.25, 0.3) is 0 Å². The van der Waals surface area contributed by atoms with E-state index in [1.54, 1.807) is 25.3 Å². The van der Waals surface area contributed by atoms with Crippen molar-refractivity contribution >= 4 is 11.7 Å². The highest BCUT2D eigenvalue weighted by Gasteiger charge is 2.22. The van der Waals surface area contributed by atoms with Crippen LogP contribution in [0.2, 0.25) is 0 Å². The van der Waals surface area contributed by atoms with Crippen molar-refractivity contribution in [2.24, 2.45) is 0 Å². The molecule has 0 aromatic heterocycles. The summed E-state index contributed by atoms with van der Waals surface area (Å²) in [6, 6.07) is 5.16. The number of hydrogen-bond donors (Lipinski definition) is 2. The molecule has 0 aliphatic rings. The number of carbonyl (C=O) groups is 1. The van der Waals surface area contributed by atoms with Gasteiger partial charge in [-0.2, -0.15) is 0 Å². The zero-order valence-corrected chi connectivity index (χ0v) is 11.0. The highest BCUT2D eigenvalue weighted by molar-refractivity contribution is 5.78. The van der Waals surface area contributed by atoms with E-state index in [2.05, 4.69) is 6.92 Å². The number of methoxy groups -OCH3 is 1. The first-order valence-corrected chi connectivity index (χ1v) is 6.26. The minimum Gasteiger partial charge on any atom is -0.497 e. The summed E-state index contributed by atoms with van der Waals surface area (Å²) in [6.07, 6.45) is 3.61. The highest BCUT2D eigenvalue weighted by atomic mass is 16.5. The molecule has 0 fully saturated rings. The lowest BCUT2D eigenvalue weighted by molar-refractivity contribution is -0.139. The lowest BCUT2D eigenvalue weighted by atomic mass is 9.92. The predicted molar refractivity (Wildman–Crippen MR) is 71.9 cm³/mol. The summed E-state index contributed by atoms with van der Waals surface area (Å²) in [5.74, 6) is -0.737. The van der Waals surface area contributed by atoms with Gasteiger partial charge in [-0.15, -0.1) is 0 Å². The second-order valence-corrected chi connectivity index (χ2v) is 4.38. The van der Waals surface area contributed by atoms with E-state index in [1.807, 2.05) is 0 Å². The molecular weight excluding hydrogens is 230 g/mol. The molecular formula is C14H21NO3.